The quantitative estimate of drug-likeness (QED) is 0.722. The Morgan fingerprint density at radius 2 is 2.36 bits per heavy atom. The van der Waals surface area contributed by atoms with E-state index in [2.05, 4.69) is 10.1 Å². The predicted octanol–water partition coefficient (Wildman–Crippen LogP) is 0.450. The first-order valence-corrected chi connectivity index (χ1v) is 5.49. The lowest BCUT2D eigenvalue weighted by Crippen LogP contribution is -2.21. The Bertz CT molecular complexity index is 516. The summed E-state index contributed by atoms with van der Waals surface area (Å²) in [5.41, 5.74) is 1.17. The highest BCUT2D eigenvalue weighted by Gasteiger charge is 2.07. The highest BCUT2D eigenvalue weighted by molar-refractivity contribution is 7.97. The predicted molar refractivity (Wildman–Crippen MR) is 56.3 cm³/mol. The Morgan fingerprint density at radius 3 is 3.07 bits per heavy atom. The van der Waals surface area contributed by atoms with E-state index in [1.165, 1.54) is 0 Å². The molecule has 0 atom stereocenters. The van der Waals surface area contributed by atoms with Gasteiger partial charge in [0.05, 0.1) is 18.4 Å². The monoisotopic (exact) mass is 210 g/mol. The molecule has 0 aliphatic heterocycles. The molecule has 0 spiro atoms. The van der Waals surface area contributed by atoms with Gasteiger partial charge in [-0.05, 0) is 6.26 Å². The lowest BCUT2D eigenvalue weighted by atomic mass is 10.4. The van der Waals surface area contributed by atoms with E-state index in [0.717, 1.165) is 0 Å². The van der Waals surface area contributed by atoms with Gasteiger partial charge in [0.25, 0.3) is 5.56 Å². The molecule has 74 valence electrons. The number of rotatable bonds is 2. The molecule has 0 saturated heterocycles. The van der Waals surface area contributed by atoms with Crippen LogP contribution >= 0.6 is 11.8 Å². The number of fused-ring (bicyclic) bond motifs is 1. The van der Waals surface area contributed by atoms with Crippen LogP contribution in [0.4, 0.5) is 0 Å². The maximum absolute atomic E-state index is 11.8. The maximum Gasteiger partial charge on any atom is 0.280 e. The number of nitrogens with zero attached hydrogens (tertiary/aromatic N) is 4. The fourth-order valence-corrected chi connectivity index (χ4v) is 1.78. The molecule has 0 unspecified atom stereocenters. The molecule has 6 heteroatoms. The van der Waals surface area contributed by atoms with Crippen molar-refractivity contribution in [2.45, 2.75) is 5.88 Å². The van der Waals surface area contributed by atoms with Gasteiger partial charge in [0.2, 0.25) is 0 Å². The molecule has 0 fully saturated rings. The van der Waals surface area contributed by atoms with Crippen LogP contribution in [0.3, 0.4) is 0 Å². The summed E-state index contributed by atoms with van der Waals surface area (Å²) in [6, 6.07) is 0. The molecule has 2 rings (SSSR count). The molecule has 2 heterocycles. The summed E-state index contributed by atoms with van der Waals surface area (Å²) < 4.78 is 3.14. The van der Waals surface area contributed by atoms with E-state index < -0.39 is 0 Å². The van der Waals surface area contributed by atoms with Crippen LogP contribution in [0.15, 0.2) is 17.3 Å². The van der Waals surface area contributed by atoms with E-state index >= 15 is 0 Å². The van der Waals surface area contributed by atoms with Gasteiger partial charge < -0.3 is 0 Å². The molecule has 0 N–H and O–H groups in total. The molecule has 0 aliphatic carbocycles. The minimum atomic E-state index is -0.0376. The maximum atomic E-state index is 11.8. The molecule has 0 amide bonds. The van der Waals surface area contributed by atoms with Crippen molar-refractivity contribution in [2.24, 2.45) is 7.05 Å². The van der Waals surface area contributed by atoms with E-state index in [1.807, 2.05) is 6.26 Å². The Morgan fingerprint density at radius 1 is 1.57 bits per heavy atom. The average Bonchev–Trinajstić information content (AvgIpc) is 2.54. The van der Waals surface area contributed by atoms with Gasteiger partial charge in [-0.15, -0.1) is 11.8 Å². The molecule has 0 aromatic carbocycles. The van der Waals surface area contributed by atoms with Crippen LogP contribution in [0.5, 0.6) is 0 Å². The zero-order valence-corrected chi connectivity index (χ0v) is 8.78. The summed E-state index contributed by atoms with van der Waals surface area (Å²) in [4.78, 5) is 16.0. The Balaban J connectivity index is 2.73. The van der Waals surface area contributed by atoms with Gasteiger partial charge in [-0.1, -0.05) is 0 Å². The smallest absolute Gasteiger partial charge is 0.280 e. The largest absolute Gasteiger partial charge is 0.287 e. The normalized spacial score (nSPS) is 11.0. The van der Waals surface area contributed by atoms with Crippen LogP contribution in [0.25, 0.3) is 11.0 Å². The topological polar surface area (TPSA) is 52.7 Å². The van der Waals surface area contributed by atoms with Gasteiger partial charge in [0.15, 0.2) is 5.52 Å². The van der Waals surface area contributed by atoms with Crippen molar-refractivity contribution < 1.29 is 0 Å². The number of hydrogen-bond donors (Lipinski definition) is 0. The van der Waals surface area contributed by atoms with Crippen molar-refractivity contribution in [3.8, 4) is 0 Å². The van der Waals surface area contributed by atoms with E-state index in [-0.39, 0.29) is 5.56 Å². The van der Waals surface area contributed by atoms with Crippen molar-refractivity contribution in [2.75, 3.05) is 6.26 Å². The first-order valence-electron chi connectivity index (χ1n) is 4.10. The van der Waals surface area contributed by atoms with Gasteiger partial charge in [-0.3, -0.25) is 14.0 Å². The first kappa shape index (κ1) is 9.26. The zero-order chi connectivity index (χ0) is 10.1. The van der Waals surface area contributed by atoms with Crippen LogP contribution in [0.2, 0.25) is 0 Å². The fraction of sp³-hybridized carbons (Fsp3) is 0.375. The van der Waals surface area contributed by atoms with Gasteiger partial charge in [0, 0.05) is 7.05 Å². The van der Waals surface area contributed by atoms with E-state index in [9.17, 15) is 4.79 Å². The SMILES string of the molecule is CSCn1cnc2cnn(C)c2c1=O. The van der Waals surface area contributed by atoms with Crippen molar-refractivity contribution >= 4 is 22.8 Å². The van der Waals surface area contributed by atoms with Gasteiger partial charge in [0.1, 0.15) is 5.52 Å². The molecule has 0 bridgehead atoms. The molecule has 5 nitrogen and oxygen atoms in total. The number of thioether (sulfide) groups is 1. The van der Waals surface area contributed by atoms with Crippen molar-refractivity contribution in [3.05, 3.63) is 22.9 Å². The van der Waals surface area contributed by atoms with Crippen molar-refractivity contribution in [1.29, 1.82) is 0 Å². The molecule has 0 aliphatic rings. The van der Waals surface area contributed by atoms with Gasteiger partial charge in [-0.25, -0.2) is 4.98 Å². The lowest BCUT2D eigenvalue weighted by Gasteiger charge is -2.02. The summed E-state index contributed by atoms with van der Waals surface area (Å²) in [6.45, 7) is 0. The number of aromatic nitrogens is 4. The molecule has 2 aromatic heterocycles. The highest BCUT2D eigenvalue weighted by atomic mass is 32.2. The van der Waals surface area contributed by atoms with E-state index in [4.69, 9.17) is 0 Å². The Hall–Kier alpha value is -1.30. The molecular weight excluding hydrogens is 200 g/mol. The summed E-state index contributed by atoms with van der Waals surface area (Å²) in [7, 11) is 1.74. The summed E-state index contributed by atoms with van der Waals surface area (Å²) in [6.07, 6.45) is 5.10. The van der Waals surface area contributed by atoms with Crippen molar-refractivity contribution in [3.63, 3.8) is 0 Å². The summed E-state index contributed by atoms with van der Waals surface area (Å²) in [5, 5.41) is 3.99. The van der Waals surface area contributed by atoms with Crippen LogP contribution in [-0.2, 0) is 12.9 Å². The number of hydrogen-bond acceptors (Lipinski definition) is 4. The third-order valence-electron chi connectivity index (χ3n) is 1.99. The van der Waals surface area contributed by atoms with Crippen LogP contribution in [-0.4, -0.2) is 25.6 Å². The molecule has 14 heavy (non-hydrogen) atoms. The fourth-order valence-electron chi connectivity index (χ4n) is 1.32. The summed E-state index contributed by atoms with van der Waals surface area (Å²) >= 11 is 1.58. The second-order valence-corrected chi connectivity index (χ2v) is 3.77. The van der Waals surface area contributed by atoms with Gasteiger partial charge in [-0.2, -0.15) is 5.10 Å². The highest BCUT2D eigenvalue weighted by Crippen LogP contribution is 2.04. The molecule has 0 radical (unpaired) electrons. The summed E-state index contributed by atoms with van der Waals surface area (Å²) in [5.74, 6) is 0.618. The van der Waals surface area contributed by atoms with Crippen LogP contribution < -0.4 is 5.56 Å². The number of aryl methyl sites for hydroxylation is 1. The van der Waals surface area contributed by atoms with E-state index in [0.29, 0.717) is 16.9 Å². The molecule has 0 saturated carbocycles. The minimum absolute atomic E-state index is 0.0376. The van der Waals surface area contributed by atoms with Gasteiger partial charge >= 0.3 is 0 Å². The molecule has 2 aromatic rings. The second kappa shape index (κ2) is 3.45. The van der Waals surface area contributed by atoms with Crippen LogP contribution in [0.1, 0.15) is 0 Å². The zero-order valence-electron chi connectivity index (χ0n) is 7.97. The lowest BCUT2D eigenvalue weighted by molar-refractivity contribution is 0.768. The second-order valence-electron chi connectivity index (χ2n) is 2.94. The first-order chi connectivity index (χ1) is 6.74. The van der Waals surface area contributed by atoms with E-state index in [1.54, 1.807) is 40.6 Å². The van der Waals surface area contributed by atoms with Crippen molar-refractivity contribution in [1.82, 2.24) is 19.3 Å². The standard InChI is InChI=1S/C8H10N4OS/c1-11-7-6(3-10-11)9-4-12(5-14-2)8(7)13/h3-4H,5H2,1-2H3. The average molecular weight is 210 g/mol. The van der Waals surface area contributed by atoms with Crippen LogP contribution in [0, 0.1) is 0 Å². The Labute approximate surface area is 84.7 Å². The third kappa shape index (κ3) is 1.31. The molecular formula is C8H10N4OS. The Kier molecular flexibility index (Phi) is 2.28. The third-order valence-corrected chi connectivity index (χ3v) is 2.52. The minimum Gasteiger partial charge on any atom is -0.287 e.